The molecule has 100 valence electrons. The number of carbonyl (C=O) groups is 1. The smallest absolute Gasteiger partial charge is 0.227 e. The second-order valence-electron chi connectivity index (χ2n) is 4.67. The Morgan fingerprint density at radius 2 is 2.17 bits per heavy atom. The topological polar surface area (TPSA) is 66.6 Å². The minimum Gasteiger partial charge on any atom is -0.508 e. The molecule has 0 fully saturated rings. The molecular weight excluding hydrogens is 228 g/mol. The SMILES string of the molecule is CC(C)N(CCCN)C(=O)Cc1cccc(O)c1. The molecule has 0 spiro atoms. The average molecular weight is 250 g/mol. The highest BCUT2D eigenvalue weighted by Crippen LogP contribution is 2.13. The quantitative estimate of drug-likeness (QED) is 0.804. The van der Waals surface area contributed by atoms with E-state index in [1.165, 1.54) is 0 Å². The molecule has 0 aliphatic rings. The maximum absolute atomic E-state index is 12.2. The molecule has 0 radical (unpaired) electrons. The van der Waals surface area contributed by atoms with Crippen molar-refractivity contribution in [3.63, 3.8) is 0 Å². The molecule has 0 saturated carbocycles. The van der Waals surface area contributed by atoms with E-state index in [2.05, 4.69) is 0 Å². The molecule has 0 aliphatic heterocycles. The normalized spacial score (nSPS) is 10.7. The Morgan fingerprint density at radius 3 is 2.72 bits per heavy atom. The standard InChI is InChI=1S/C14H22N2O2/c1-11(2)16(8-4-7-15)14(18)10-12-5-3-6-13(17)9-12/h3,5-6,9,11,17H,4,7-8,10,15H2,1-2H3. The van der Waals surface area contributed by atoms with Crippen molar-refractivity contribution in [3.05, 3.63) is 29.8 Å². The first-order valence-electron chi connectivity index (χ1n) is 6.32. The lowest BCUT2D eigenvalue weighted by atomic mass is 10.1. The van der Waals surface area contributed by atoms with Crippen molar-refractivity contribution in [2.45, 2.75) is 32.7 Å². The van der Waals surface area contributed by atoms with Gasteiger partial charge in [-0.3, -0.25) is 4.79 Å². The molecule has 0 aromatic heterocycles. The fraction of sp³-hybridized carbons (Fsp3) is 0.500. The van der Waals surface area contributed by atoms with Gasteiger partial charge in [0.2, 0.25) is 5.91 Å². The maximum atomic E-state index is 12.2. The molecule has 0 atom stereocenters. The van der Waals surface area contributed by atoms with Crippen LogP contribution < -0.4 is 5.73 Å². The Balaban J connectivity index is 2.66. The van der Waals surface area contributed by atoms with Crippen LogP contribution in [0, 0.1) is 0 Å². The molecule has 18 heavy (non-hydrogen) atoms. The molecule has 4 heteroatoms. The van der Waals surface area contributed by atoms with Crippen molar-refractivity contribution in [1.29, 1.82) is 0 Å². The number of aromatic hydroxyl groups is 1. The van der Waals surface area contributed by atoms with Gasteiger partial charge in [0.15, 0.2) is 0 Å². The molecule has 3 N–H and O–H groups in total. The summed E-state index contributed by atoms with van der Waals surface area (Å²) in [5.74, 6) is 0.266. The Bertz CT molecular complexity index is 391. The van der Waals surface area contributed by atoms with E-state index in [1.54, 1.807) is 18.2 Å². The summed E-state index contributed by atoms with van der Waals surface area (Å²) >= 11 is 0. The number of phenols is 1. The van der Waals surface area contributed by atoms with Crippen molar-refractivity contribution >= 4 is 5.91 Å². The Morgan fingerprint density at radius 1 is 1.44 bits per heavy atom. The van der Waals surface area contributed by atoms with Gasteiger partial charge in [0.1, 0.15) is 5.75 Å². The van der Waals surface area contributed by atoms with Crippen LogP contribution in [0.15, 0.2) is 24.3 Å². The highest BCUT2D eigenvalue weighted by molar-refractivity contribution is 5.79. The van der Waals surface area contributed by atoms with Gasteiger partial charge in [-0.05, 0) is 44.5 Å². The van der Waals surface area contributed by atoms with E-state index in [9.17, 15) is 9.90 Å². The summed E-state index contributed by atoms with van der Waals surface area (Å²) < 4.78 is 0. The van der Waals surface area contributed by atoms with E-state index in [-0.39, 0.29) is 17.7 Å². The van der Waals surface area contributed by atoms with E-state index in [4.69, 9.17) is 5.73 Å². The molecule has 0 aliphatic carbocycles. The minimum atomic E-state index is 0.0732. The number of nitrogens with two attached hydrogens (primary N) is 1. The van der Waals surface area contributed by atoms with Crippen LogP contribution >= 0.6 is 0 Å². The summed E-state index contributed by atoms with van der Waals surface area (Å²) in [6.45, 7) is 5.27. The first-order valence-corrected chi connectivity index (χ1v) is 6.32. The second-order valence-corrected chi connectivity index (χ2v) is 4.67. The maximum Gasteiger partial charge on any atom is 0.227 e. The number of hydrogen-bond acceptors (Lipinski definition) is 3. The predicted molar refractivity (Wildman–Crippen MR) is 72.3 cm³/mol. The van der Waals surface area contributed by atoms with Crippen molar-refractivity contribution in [1.82, 2.24) is 4.90 Å². The fourth-order valence-electron chi connectivity index (χ4n) is 1.88. The summed E-state index contributed by atoms with van der Waals surface area (Å²) in [4.78, 5) is 14.0. The van der Waals surface area contributed by atoms with Crippen molar-refractivity contribution in [2.24, 2.45) is 5.73 Å². The molecule has 0 saturated heterocycles. The van der Waals surface area contributed by atoms with Crippen molar-refractivity contribution in [3.8, 4) is 5.75 Å². The summed E-state index contributed by atoms with van der Waals surface area (Å²) in [6.07, 6.45) is 1.13. The number of nitrogens with zero attached hydrogens (tertiary/aromatic N) is 1. The Kier molecular flexibility index (Phi) is 5.65. The summed E-state index contributed by atoms with van der Waals surface area (Å²) in [5, 5.41) is 9.37. The monoisotopic (exact) mass is 250 g/mol. The van der Waals surface area contributed by atoms with E-state index in [0.717, 1.165) is 12.0 Å². The van der Waals surface area contributed by atoms with Crippen molar-refractivity contribution < 1.29 is 9.90 Å². The zero-order chi connectivity index (χ0) is 13.5. The van der Waals surface area contributed by atoms with Gasteiger partial charge in [-0.2, -0.15) is 0 Å². The van der Waals surface area contributed by atoms with Crippen LogP contribution in [0.2, 0.25) is 0 Å². The molecule has 0 heterocycles. The predicted octanol–water partition coefficient (Wildman–Crippen LogP) is 1.52. The number of rotatable bonds is 6. The molecular formula is C14H22N2O2. The van der Waals surface area contributed by atoms with Crippen LogP contribution in [-0.2, 0) is 11.2 Å². The van der Waals surface area contributed by atoms with Gasteiger partial charge in [-0.15, -0.1) is 0 Å². The van der Waals surface area contributed by atoms with Crippen molar-refractivity contribution in [2.75, 3.05) is 13.1 Å². The van der Waals surface area contributed by atoms with Gasteiger partial charge in [0, 0.05) is 12.6 Å². The number of hydrogen-bond donors (Lipinski definition) is 2. The summed E-state index contributed by atoms with van der Waals surface area (Å²) in [5.41, 5.74) is 6.31. The zero-order valence-corrected chi connectivity index (χ0v) is 11.1. The molecule has 4 nitrogen and oxygen atoms in total. The minimum absolute atomic E-state index is 0.0732. The molecule has 1 aromatic rings. The molecule has 0 bridgehead atoms. The largest absolute Gasteiger partial charge is 0.508 e. The van der Waals surface area contributed by atoms with Crippen LogP contribution in [0.4, 0.5) is 0 Å². The average Bonchev–Trinajstić information content (AvgIpc) is 2.29. The summed E-state index contributed by atoms with van der Waals surface area (Å²) in [6, 6.07) is 6.99. The first kappa shape index (κ1) is 14.5. The zero-order valence-electron chi connectivity index (χ0n) is 11.1. The van der Waals surface area contributed by atoms with Gasteiger partial charge in [-0.25, -0.2) is 0 Å². The van der Waals surface area contributed by atoms with Crippen LogP contribution in [0.3, 0.4) is 0 Å². The second kappa shape index (κ2) is 7.01. The first-order chi connectivity index (χ1) is 8.54. The van der Waals surface area contributed by atoms with Crippen LogP contribution in [0.5, 0.6) is 5.75 Å². The number of amides is 1. The number of benzene rings is 1. The Hall–Kier alpha value is -1.55. The highest BCUT2D eigenvalue weighted by atomic mass is 16.3. The lowest BCUT2D eigenvalue weighted by molar-refractivity contribution is -0.132. The van der Waals surface area contributed by atoms with Crippen LogP contribution in [-0.4, -0.2) is 35.0 Å². The van der Waals surface area contributed by atoms with Gasteiger partial charge in [0.05, 0.1) is 6.42 Å². The van der Waals surface area contributed by atoms with Gasteiger partial charge < -0.3 is 15.7 Å². The van der Waals surface area contributed by atoms with Gasteiger partial charge in [-0.1, -0.05) is 12.1 Å². The third-order valence-electron chi connectivity index (χ3n) is 2.81. The van der Waals surface area contributed by atoms with Gasteiger partial charge in [0.25, 0.3) is 0 Å². The molecule has 1 amide bonds. The number of phenolic OH excluding ortho intramolecular Hbond substituents is 1. The fourth-order valence-corrected chi connectivity index (χ4v) is 1.88. The lowest BCUT2D eigenvalue weighted by Crippen LogP contribution is -2.39. The third kappa shape index (κ3) is 4.37. The molecule has 0 unspecified atom stereocenters. The van der Waals surface area contributed by atoms with E-state index >= 15 is 0 Å². The highest BCUT2D eigenvalue weighted by Gasteiger charge is 2.16. The Labute approximate surface area is 108 Å². The van der Waals surface area contributed by atoms with Gasteiger partial charge >= 0.3 is 0 Å². The lowest BCUT2D eigenvalue weighted by Gasteiger charge is -2.26. The van der Waals surface area contributed by atoms with Crippen LogP contribution in [0.1, 0.15) is 25.8 Å². The van der Waals surface area contributed by atoms with Crippen LogP contribution in [0.25, 0.3) is 0 Å². The van der Waals surface area contributed by atoms with E-state index < -0.39 is 0 Å². The summed E-state index contributed by atoms with van der Waals surface area (Å²) in [7, 11) is 0. The number of carbonyl (C=O) groups excluding carboxylic acids is 1. The third-order valence-corrected chi connectivity index (χ3v) is 2.81. The molecule has 1 rings (SSSR count). The van der Waals surface area contributed by atoms with E-state index in [1.807, 2.05) is 24.8 Å². The molecule has 1 aromatic carbocycles. The van der Waals surface area contributed by atoms with E-state index in [0.29, 0.717) is 19.5 Å².